The minimum Gasteiger partial charge on any atom is -0.454 e. The fourth-order valence-corrected chi connectivity index (χ4v) is 3.01. The van der Waals surface area contributed by atoms with Gasteiger partial charge in [0.15, 0.2) is 11.5 Å². The summed E-state index contributed by atoms with van der Waals surface area (Å²) in [7, 11) is 3.51. The molecule has 0 unspecified atom stereocenters. The molecule has 9 nitrogen and oxygen atoms in total. The average molecular weight is 419 g/mol. The van der Waals surface area contributed by atoms with Crippen LogP contribution in [0, 0.1) is 6.92 Å². The van der Waals surface area contributed by atoms with E-state index in [-0.39, 0.29) is 19.3 Å². The average Bonchev–Trinajstić information content (AvgIpc) is 3.32. The lowest BCUT2D eigenvalue weighted by molar-refractivity contribution is -0.138. The number of benzene rings is 1. The zero-order valence-electron chi connectivity index (χ0n) is 17.8. The van der Waals surface area contributed by atoms with Gasteiger partial charge in [0.05, 0.1) is 38.7 Å². The molecular weight excluding hydrogens is 390 g/mol. The lowest BCUT2D eigenvalue weighted by Gasteiger charge is -2.22. The molecule has 0 spiro atoms. The largest absolute Gasteiger partial charge is 0.454 e. The zero-order chi connectivity index (χ0) is 21.3. The number of amides is 1. The van der Waals surface area contributed by atoms with E-state index in [9.17, 15) is 4.79 Å². The number of carbonyl (C=O) groups is 1. The third-order valence-corrected chi connectivity index (χ3v) is 4.71. The first-order valence-corrected chi connectivity index (χ1v) is 9.87. The lowest BCUT2D eigenvalue weighted by atomic mass is 10.2. The third-order valence-electron chi connectivity index (χ3n) is 4.71. The summed E-state index contributed by atoms with van der Waals surface area (Å²) < 4.78 is 28.4. The summed E-state index contributed by atoms with van der Waals surface area (Å²) in [5.41, 5.74) is 2.81. The van der Waals surface area contributed by atoms with Crippen LogP contribution in [0.1, 0.15) is 17.0 Å². The van der Waals surface area contributed by atoms with Crippen LogP contribution in [0.5, 0.6) is 11.5 Å². The minimum absolute atomic E-state index is 0.0238. The van der Waals surface area contributed by atoms with Crippen molar-refractivity contribution in [1.82, 2.24) is 14.7 Å². The van der Waals surface area contributed by atoms with Crippen molar-refractivity contribution in [1.29, 1.82) is 0 Å². The molecule has 1 amide bonds. The van der Waals surface area contributed by atoms with Gasteiger partial charge in [-0.3, -0.25) is 9.48 Å². The van der Waals surface area contributed by atoms with Crippen LogP contribution in [0.2, 0.25) is 0 Å². The first kappa shape index (κ1) is 22.1. The monoisotopic (exact) mass is 419 g/mol. The van der Waals surface area contributed by atoms with Crippen LogP contribution in [0.15, 0.2) is 24.3 Å². The van der Waals surface area contributed by atoms with E-state index in [1.165, 1.54) is 0 Å². The van der Waals surface area contributed by atoms with Gasteiger partial charge in [0.25, 0.3) is 0 Å². The topological polar surface area (TPSA) is 84.3 Å². The molecule has 1 aliphatic heterocycles. The van der Waals surface area contributed by atoms with Crippen LogP contribution in [0.3, 0.4) is 0 Å². The highest BCUT2D eigenvalue weighted by Crippen LogP contribution is 2.32. The number of ether oxygens (including phenoxy) is 5. The van der Waals surface area contributed by atoms with E-state index >= 15 is 0 Å². The number of hydrogen-bond donors (Lipinski definition) is 0. The molecule has 0 atom stereocenters. The molecule has 2 aromatic rings. The molecular formula is C21H29N3O6. The second kappa shape index (κ2) is 11.0. The van der Waals surface area contributed by atoms with Crippen LogP contribution < -0.4 is 9.47 Å². The predicted molar refractivity (Wildman–Crippen MR) is 108 cm³/mol. The molecule has 1 aromatic carbocycles. The fourth-order valence-electron chi connectivity index (χ4n) is 3.01. The van der Waals surface area contributed by atoms with E-state index in [1.807, 2.05) is 38.2 Å². The molecule has 1 aliphatic rings. The van der Waals surface area contributed by atoms with E-state index in [0.717, 1.165) is 17.0 Å². The fraction of sp³-hybridized carbons (Fsp3) is 0.524. The van der Waals surface area contributed by atoms with Gasteiger partial charge in [0.2, 0.25) is 12.7 Å². The van der Waals surface area contributed by atoms with Gasteiger partial charge in [-0.2, -0.15) is 5.10 Å². The summed E-state index contributed by atoms with van der Waals surface area (Å²) in [5, 5.41) is 4.48. The van der Waals surface area contributed by atoms with E-state index in [1.54, 1.807) is 16.7 Å². The molecule has 164 valence electrons. The Morgan fingerprint density at radius 3 is 2.63 bits per heavy atom. The first-order chi connectivity index (χ1) is 14.6. The van der Waals surface area contributed by atoms with Crippen molar-refractivity contribution in [3.63, 3.8) is 0 Å². The lowest BCUT2D eigenvalue weighted by Crippen LogP contribution is -2.33. The molecule has 2 heterocycles. The summed E-state index contributed by atoms with van der Waals surface area (Å²) in [6.07, 6.45) is 0. The van der Waals surface area contributed by atoms with Crippen LogP contribution in [0.25, 0.3) is 0 Å². The summed E-state index contributed by atoms with van der Waals surface area (Å²) in [6, 6.07) is 7.67. The van der Waals surface area contributed by atoms with Crippen LogP contribution in [-0.4, -0.2) is 67.5 Å². The Hall–Kier alpha value is -2.62. The molecule has 1 aromatic heterocycles. The van der Waals surface area contributed by atoms with Gasteiger partial charge in [0.1, 0.15) is 6.61 Å². The molecule has 0 bridgehead atoms. The molecule has 0 saturated heterocycles. The third kappa shape index (κ3) is 6.19. The second-order valence-electron chi connectivity index (χ2n) is 7.00. The Balaban J connectivity index is 1.59. The van der Waals surface area contributed by atoms with Crippen LogP contribution >= 0.6 is 0 Å². The summed E-state index contributed by atoms with van der Waals surface area (Å²) in [5.74, 6) is 1.29. The highest BCUT2D eigenvalue weighted by atomic mass is 16.7. The van der Waals surface area contributed by atoms with Crippen molar-refractivity contribution in [3.05, 3.63) is 41.2 Å². The predicted octanol–water partition coefficient (Wildman–Crippen LogP) is 1.67. The van der Waals surface area contributed by atoms with Gasteiger partial charge >= 0.3 is 0 Å². The van der Waals surface area contributed by atoms with Gasteiger partial charge in [-0.25, -0.2) is 0 Å². The van der Waals surface area contributed by atoms with Crippen molar-refractivity contribution in [3.8, 4) is 11.5 Å². The molecule has 30 heavy (non-hydrogen) atoms. The van der Waals surface area contributed by atoms with Crippen LogP contribution in [0.4, 0.5) is 0 Å². The van der Waals surface area contributed by atoms with Gasteiger partial charge in [-0.1, -0.05) is 6.07 Å². The summed E-state index contributed by atoms with van der Waals surface area (Å²) in [6.45, 7) is 4.77. The van der Waals surface area contributed by atoms with Crippen molar-refractivity contribution >= 4 is 5.91 Å². The number of hydrogen-bond acceptors (Lipinski definition) is 7. The Morgan fingerprint density at radius 1 is 1.10 bits per heavy atom. The molecule has 0 aliphatic carbocycles. The minimum atomic E-state index is -0.118. The molecule has 0 saturated carbocycles. The van der Waals surface area contributed by atoms with E-state index < -0.39 is 0 Å². The molecule has 0 N–H and O–H groups in total. The standard InChI is InChI=1S/C21H29N3O6/c1-16-10-18(22-23(16)2)13-24(21(25)14-28-9-8-27-7-6-26-3)12-17-4-5-19-20(11-17)30-15-29-19/h4-5,10-11H,6-9,12-15H2,1-3H3. The normalized spacial score (nSPS) is 12.4. The smallest absolute Gasteiger partial charge is 0.249 e. The van der Waals surface area contributed by atoms with Crippen molar-refractivity contribution in [2.24, 2.45) is 7.05 Å². The van der Waals surface area contributed by atoms with Gasteiger partial charge in [-0.15, -0.1) is 0 Å². The molecule has 3 rings (SSSR count). The van der Waals surface area contributed by atoms with Crippen molar-refractivity contribution in [2.45, 2.75) is 20.0 Å². The van der Waals surface area contributed by atoms with E-state index in [2.05, 4.69) is 5.10 Å². The quantitative estimate of drug-likeness (QED) is 0.484. The number of nitrogens with zero attached hydrogens (tertiary/aromatic N) is 3. The number of methoxy groups -OCH3 is 1. The highest BCUT2D eigenvalue weighted by Gasteiger charge is 2.19. The Kier molecular flexibility index (Phi) is 8.06. The van der Waals surface area contributed by atoms with Gasteiger partial charge in [0, 0.05) is 26.4 Å². The Bertz CT molecular complexity index is 819. The van der Waals surface area contributed by atoms with Crippen molar-refractivity contribution < 1.29 is 28.5 Å². The maximum atomic E-state index is 12.9. The first-order valence-electron chi connectivity index (χ1n) is 9.87. The number of fused-ring (bicyclic) bond motifs is 1. The summed E-state index contributed by atoms with van der Waals surface area (Å²) in [4.78, 5) is 14.6. The molecule has 0 radical (unpaired) electrons. The molecule has 9 heteroatoms. The second-order valence-corrected chi connectivity index (χ2v) is 7.00. The number of aromatic nitrogens is 2. The zero-order valence-corrected chi connectivity index (χ0v) is 17.8. The number of carbonyl (C=O) groups excluding carboxylic acids is 1. The maximum Gasteiger partial charge on any atom is 0.249 e. The highest BCUT2D eigenvalue weighted by molar-refractivity contribution is 5.77. The Labute approximate surface area is 176 Å². The van der Waals surface area contributed by atoms with E-state index in [4.69, 9.17) is 23.7 Å². The SMILES string of the molecule is COCCOCCOCC(=O)N(Cc1ccc2c(c1)OCO2)Cc1cc(C)n(C)n1. The van der Waals surface area contributed by atoms with Gasteiger partial charge < -0.3 is 28.6 Å². The Morgan fingerprint density at radius 2 is 1.87 bits per heavy atom. The molecule has 0 fully saturated rings. The van der Waals surface area contributed by atoms with E-state index in [0.29, 0.717) is 51.0 Å². The van der Waals surface area contributed by atoms with Gasteiger partial charge in [-0.05, 0) is 30.7 Å². The number of rotatable bonds is 12. The summed E-state index contributed by atoms with van der Waals surface area (Å²) >= 11 is 0. The maximum absolute atomic E-state index is 12.9. The van der Waals surface area contributed by atoms with Crippen LogP contribution in [-0.2, 0) is 39.1 Å². The number of aryl methyl sites for hydroxylation is 2. The van der Waals surface area contributed by atoms with Crippen molar-refractivity contribution in [2.75, 3.05) is 46.9 Å².